The summed E-state index contributed by atoms with van der Waals surface area (Å²) in [6.07, 6.45) is 7.49. The maximum atomic E-state index is 9.25. The summed E-state index contributed by atoms with van der Waals surface area (Å²) in [5.41, 5.74) is 3.45. The van der Waals surface area contributed by atoms with Crippen LogP contribution in [0.5, 0.6) is 6.01 Å². The number of nitrogens with one attached hydrogen (secondary N) is 1. The fourth-order valence-corrected chi connectivity index (χ4v) is 5.93. The van der Waals surface area contributed by atoms with Gasteiger partial charge in [0.05, 0.1) is 24.7 Å². The second-order valence-electron chi connectivity index (χ2n) is 10.3. The van der Waals surface area contributed by atoms with Crippen molar-refractivity contribution in [1.29, 1.82) is 5.26 Å². The quantitative estimate of drug-likeness (QED) is 0.551. The molecule has 0 aliphatic carbocycles. The Balaban J connectivity index is 1.32. The zero-order valence-electron chi connectivity index (χ0n) is 21.4. The summed E-state index contributed by atoms with van der Waals surface area (Å²) in [6, 6.07) is 11.8. The van der Waals surface area contributed by atoms with Crippen LogP contribution in [0.3, 0.4) is 0 Å². The number of aromatic nitrogens is 3. The Labute approximate surface area is 218 Å². The molecule has 9 nitrogen and oxygen atoms in total. The monoisotopic (exact) mass is 498 g/mol. The highest BCUT2D eigenvalue weighted by atomic mass is 16.5. The first-order chi connectivity index (χ1) is 18.2. The molecule has 0 saturated carbocycles. The molecule has 1 unspecified atom stereocenters. The van der Waals surface area contributed by atoms with Crippen molar-refractivity contribution in [2.45, 2.75) is 44.3 Å². The first-order valence-electron chi connectivity index (χ1n) is 13.4. The fraction of sp³-hybridized carbons (Fsp3) is 0.500. The molecule has 3 aliphatic heterocycles. The van der Waals surface area contributed by atoms with E-state index in [1.54, 1.807) is 0 Å². The molecular formula is C28H34N8O. The van der Waals surface area contributed by atoms with Gasteiger partial charge < -0.3 is 24.8 Å². The number of hydrogen-bond donors (Lipinski definition) is 1. The summed E-state index contributed by atoms with van der Waals surface area (Å²) in [7, 11) is 2.16. The second kappa shape index (κ2) is 10.5. The fourth-order valence-electron chi connectivity index (χ4n) is 5.93. The summed E-state index contributed by atoms with van der Waals surface area (Å²) < 4.78 is 6.26. The Morgan fingerprint density at radius 3 is 2.97 bits per heavy atom. The van der Waals surface area contributed by atoms with Crippen molar-refractivity contribution >= 4 is 22.3 Å². The normalized spacial score (nSPS) is 22.2. The maximum absolute atomic E-state index is 9.25. The third-order valence-corrected chi connectivity index (χ3v) is 7.99. The van der Waals surface area contributed by atoms with Gasteiger partial charge in [0.2, 0.25) is 0 Å². The molecule has 1 aromatic carbocycles. The van der Waals surface area contributed by atoms with Crippen LogP contribution in [0.15, 0.2) is 36.7 Å². The van der Waals surface area contributed by atoms with Crippen LogP contribution in [-0.4, -0.2) is 78.3 Å². The van der Waals surface area contributed by atoms with Gasteiger partial charge in [-0.3, -0.25) is 4.98 Å². The van der Waals surface area contributed by atoms with Gasteiger partial charge in [-0.05, 0) is 45.0 Å². The smallest absolute Gasteiger partial charge is 0.318 e. The molecule has 0 spiro atoms. The molecule has 192 valence electrons. The maximum Gasteiger partial charge on any atom is 0.318 e. The van der Waals surface area contributed by atoms with E-state index in [4.69, 9.17) is 14.7 Å². The number of anilines is 2. The number of hydrogen-bond acceptors (Lipinski definition) is 9. The van der Waals surface area contributed by atoms with Crippen molar-refractivity contribution < 1.29 is 4.74 Å². The zero-order valence-corrected chi connectivity index (χ0v) is 21.4. The predicted octanol–water partition coefficient (Wildman–Crippen LogP) is 2.75. The Kier molecular flexibility index (Phi) is 6.77. The van der Waals surface area contributed by atoms with E-state index in [0.717, 1.165) is 62.5 Å². The molecule has 5 heterocycles. The molecule has 2 fully saturated rings. The average molecular weight is 499 g/mol. The van der Waals surface area contributed by atoms with Crippen LogP contribution in [0.1, 0.15) is 30.5 Å². The Bertz CT molecular complexity index is 1300. The molecule has 37 heavy (non-hydrogen) atoms. The number of fused-ring (bicyclic) bond motifs is 2. The minimum absolute atomic E-state index is 0.144. The number of benzene rings is 1. The lowest BCUT2D eigenvalue weighted by Gasteiger charge is -2.37. The average Bonchev–Trinajstić information content (AvgIpc) is 3.35. The minimum Gasteiger partial charge on any atom is -0.462 e. The highest BCUT2D eigenvalue weighted by Gasteiger charge is 2.29. The van der Waals surface area contributed by atoms with E-state index in [-0.39, 0.29) is 6.04 Å². The molecule has 1 N–H and O–H groups in total. The molecule has 2 saturated heterocycles. The number of likely N-dealkylation sites (tertiary alicyclic amines) is 1. The summed E-state index contributed by atoms with van der Waals surface area (Å²) in [6.45, 7) is 5.78. The first-order valence-corrected chi connectivity index (χ1v) is 13.4. The molecule has 0 radical (unpaired) electrons. The number of likely N-dealkylation sites (N-methyl/N-ethyl adjacent to an activating group) is 1. The molecule has 2 aromatic heterocycles. The van der Waals surface area contributed by atoms with Crippen molar-refractivity contribution in [1.82, 2.24) is 25.2 Å². The highest BCUT2D eigenvalue weighted by Crippen LogP contribution is 2.34. The van der Waals surface area contributed by atoms with Crippen LogP contribution < -0.4 is 19.9 Å². The third-order valence-electron chi connectivity index (χ3n) is 7.99. The molecule has 3 aromatic rings. The van der Waals surface area contributed by atoms with Crippen LogP contribution in [0.2, 0.25) is 0 Å². The van der Waals surface area contributed by atoms with Gasteiger partial charge in [-0.2, -0.15) is 15.2 Å². The van der Waals surface area contributed by atoms with E-state index in [9.17, 15) is 5.26 Å². The molecule has 0 amide bonds. The highest BCUT2D eigenvalue weighted by molar-refractivity contribution is 5.93. The number of rotatable bonds is 6. The van der Waals surface area contributed by atoms with Gasteiger partial charge in [-0.1, -0.05) is 12.1 Å². The second-order valence-corrected chi connectivity index (χ2v) is 10.3. The van der Waals surface area contributed by atoms with E-state index in [1.807, 2.05) is 12.4 Å². The van der Waals surface area contributed by atoms with Crippen molar-refractivity contribution in [2.75, 3.05) is 56.2 Å². The lowest BCUT2D eigenvalue weighted by atomic mass is 10.0. The third kappa shape index (κ3) is 4.91. The van der Waals surface area contributed by atoms with E-state index < -0.39 is 0 Å². The van der Waals surface area contributed by atoms with Crippen LogP contribution >= 0.6 is 0 Å². The number of nitrogens with zero attached hydrogens (tertiary/aromatic N) is 7. The standard InChI is InChI=1S/C28H34N8O/c1-34-13-3-5-22(34)19-37-28-32-25-18-35(26-6-2-4-20-16-30-11-8-23(20)26)14-9-24(25)27(33-28)36-15-12-31-21(17-36)7-10-29/h2,4,6,8,11,16,21-22,31H,3,5,7,9,12-15,17-19H2,1H3/t21?,22-/m0/s1. The SMILES string of the molecule is CN1CCC[C@H]1COc1nc2c(c(N3CCNC(CC#N)C3)n1)CCN(c1cccc3cnccc13)C2. The first kappa shape index (κ1) is 23.9. The Morgan fingerprint density at radius 1 is 1.16 bits per heavy atom. The largest absolute Gasteiger partial charge is 0.462 e. The lowest BCUT2D eigenvalue weighted by Crippen LogP contribution is -2.51. The summed E-state index contributed by atoms with van der Waals surface area (Å²) in [5.74, 6) is 0.978. The van der Waals surface area contributed by atoms with Gasteiger partial charge in [-0.15, -0.1) is 0 Å². The summed E-state index contributed by atoms with van der Waals surface area (Å²) in [5, 5.41) is 15.1. The van der Waals surface area contributed by atoms with Gasteiger partial charge >= 0.3 is 6.01 Å². The lowest BCUT2D eigenvalue weighted by molar-refractivity contribution is 0.187. The van der Waals surface area contributed by atoms with Gasteiger partial charge in [0.25, 0.3) is 0 Å². The van der Waals surface area contributed by atoms with Crippen molar-refractivity contribution in [3.63, 3.8) is 0 Å². The molecule has 2 atom stereocenters. The summed E-state index contributed by atoms with van der Waals surface area (Å²) in [4.78, 5) is 21.3. The Morgan fingerprint density at radius 2 is 2.11 bits per heavy atom. The molecular weight excluding hydrogens is 464 g/mol. The topological polar surface area (TPSA) is 93.4 Å². The predicted molar refractivity (Wildman–Crippen MR) is 144 cm³/mol. The molecule has 3 aliphatic rings. The van der Waals surface area contributed by atoms with Gasteiger partial charge in [0.15, 0.2) is 0 Å². The van der Waals surface area contributed by atoms with E-state index in [1.165, 1.54) is 23.1 Å². The molecule has 6 rings (SSSR count). The number of nitriles is 1. The van der Waals surface area contributed by atoms with Gasteiger partial charge in [0.1, 0.15) is 12.4 Å². The number of ether oxygens (including phenoxy) is 1. The molecule has 0 bridgehead atoms. The van der Waals surface area contributed by atoms with Crippen LogP contribution in [0.25, 0.3) is 10.8 Å². The van der Waals surface area contributed by atoms with Crippen molar-refractivity contribution in [3.05, 3.63) is 47.9 Å². The van der Waals surface area contributed by atoms with Gasteiger partial charge in [-0.25, -0.2) is 0 Å². The molecule has 9 heteroatoms. The van der Waals surface area contributed by atoms with E-state index >= 15 is 0 Å². The van der Waals surface area contributed by atoms with Crippen molar-refractivity contribution in [3.8, 4) is 12.1 Å². The van der Waals surface area contributed by atoms with Gasteiger partial charge in [0, 0.05) is 72.7 Å². The van der Waals surface area contributed by atoms with Crippen LogP contribution in [-0.2, 0) is 13.0 Å². The minimum atomic E-state index is 0.144. The number of pyridine rings is 1. The van der Waals surface area contributed by atoms with E-state index in [2.05, 4.69) is 62.4 Å². The van der Waals surface area contributed by atoms with Crippen LogP contribution in [0, 0.1) is 11.3 Å². The zero-order chi connectivity index (χ0) is 25.2. The Hall–Kier alpha value is -3.48. The number of piperazine rings is 1. The summed E-state index contributed by atoms with van der Waals surface area (Å²) >= 11 is 0. The van der Waals surface area contributed by atoms with Crippen LogP contribution in [0.4, 0.5) is 11.5 Å². The van der Waals surface area contributed by atoms with E-state index in [0.29, 0.717) is 31.6 Å². The van der Waals surface area contributed by atoms with Crippen molar-refractivity contribution in [2.24, 2.45) is 0 Å².